The summed E-state index contributed by atoms with van der Waals surface area (Å²) in [6.07, 6.45) is 0. The Kier molecular flexibility index (Phi) is 4.99. The normalized spacial score (nSPS) is 11.3. The maximum absolute atomic E-state index is 12.9. The van der Waals surface area contributed by atoms with Gasteiger partial charge in [-0.3, -0.25) is 5.43 Å². The molecule has 0 amide bonds. The largest absolute Gasteiger partial charge is 0.461 e. The van der Waals surface area contributed by atoms with Crippen molar-refractivity contribution in [3.8, 4) is 11.3 Å². The first-order chi connectivity index (χ1) is 10.1. The Balaban J connectivity index is 2.05. The fraction of sp³-hybridized carbons (Fsp3) is 0.214. The molecule has 21 heavy (non-hydrogen) atoms. The van der Waals surface area contributed by atoms with Crippen LogP contribution in [0.3, 0.4) is 0 Å². The Morgan fingerprint density at radius 3 is 2.81 bits per heavy atom. The summed E-state index contributed by atoms with van der Waals surface area (Å²) in [7, 11) is 0. The number of benzene rings is 1. The van der Waals surface area contributed by atoms with E-state index in [1.54, 1.807) is 26.0 Å². The number of aromatic nitrogens is 1. The molecule has 1 heterocycles. The molecule has 7 heteroatoms. The van der Waals surface area contributed by atoms with Gasteiger partial charge in [0.1, 0.15) is 11.5 Å². The van der Waals surface area contributed by atoms with Crippen molar-refractivity contribution in [1.82, 2.24) is 4.98 Å². The van der Waals surface area contributed by atoms with E-state index in [-0.39, 0.29) is 11.5 Å². The minimum absolute atomic E-state index is 0.218. The number of anilines is 1. The summed E-state index contributed by atoms with van der Waals surface area (Å²) in [4.78, 5) is 15.7. The predicted octanol–water partition coefficient (Wildman–Crippen LogP) is 3.30. The molecule has 0 unspecified atom stereocenters. The fourth-order valence-electron chi connectivity index (χ4n) is 1.49. The van der Waals surface area contributed by atoms with Crippen molar-refractivity contribution in [2.45, 2.75) is 13.8 Å². The number of rotatable bonds is 5. The number of halogens is 1. The fourth-order valence-corrected chi connectivity index (χ4v) is 2.15. The summed E-state index contributed by atoms with van der Waals surface area (Å²) in [5.74, 6) is -0.762. The molecule has 0 fully saturated rings. The molecular weight excluding hydrogens is 293 g/mol. The van der Waals surface area contributed by atoms with Crippen LogP contribution in [0.2, 0.25) is 0 Å². The molecule has 1 aromatic heterocycles. The van der Waals surface area contributed by atoms with E-state index in [4.69, 9.17) is 4.74 Å². The van der Waals surface area contributed by atoms with E-state index in [1.165, 1.54) is 23.5 Å². The van der Waals surface area contributed by atoms with Crippen LogP contribution in [-0.2, 0) is 9.53 Å². The van der Waals surface area contributed by atoms with Crippen molar-refractivity contribution in [3.05, 3.63) is 35.5 Å². The highest BCUT2D eigenvalue weighted by atomic mass is 32.1. The van der Waals surface area contributed by atoms with Gasteiger partial charge in [0.25, 0.3) is 0 Å². The second kappa shape index (κ2) is 6.94. The first-order valence-electron chi connectivity index (χ1n) is 6.29. The lowest BCUT2D eigenvalue weighted by atomic mass is 10.2. The van der Waals surface area contributed by atoms with Crippen LogP contribution in [0, 0.1) is 5.82 Å². The quantitative estimate of drug-likeness (QED) is 0.523. The number of nitrogens with one attached hydrogen (secondary N) is 1. The lowest BCUT2D eigenvalue weighted by Crippen LogP contribution is -2.15. The number of esters is 1. The van der Waals surface area contributed by atoms with Crippen LogP contribution in [0.1, 0.15) is 13.8 Å². The standard InChI is InChI=1S/C14H14FN3O2S/c1-3-20-13(19)9(2)17-18-14-16-12(8-21-14)10-4-6-11(15)7-5-10/h4-8H,3H2,1-2H3,(H,16,18). The van der Waals surface area contributed by atoms with E-state index >= 15 is 0 Å². The Labute approximate surface area is 125 Å². The highest BCUT2D eigenvalue weighted by Crippen LogP contribution is 2.24. The summed E-state index contributed by atoms with van der Waals surface area (Å²) in [5, 5.41) is 6.28. The maximum atomic E-state index is 12.9. The minimum atomic E-state index is -0.472. The molecule has 0 spiro atoms. The minimum Gasteiger partial charge on any atom is -0.461 e. The van der Waals surface area contributed by atoms with Crippen molar-refractivity contribution in [3.63, 3.8) is 0 Å². The number of thiazole rings is 1. The van der Waals surface area contributed by atoms with Crippen molar-refractivity contribution < 1.29 is 13.9 Å². The van der Waals surface area contributed by atoms with Crippen molar-refractivity contribution >= 4 is 28.1 Å². The molecule has 0 aliphatic rings. The lowest BCUT2D eigenvalue weighted by molar-refractivity contribution is -0.135. The van der Waals surface area contributed by atoms with Crippen molar-refractivity contribution in [2.24, 2.45) is 5.10 Å². The van der Waals surface area contributed by atoms with Crippen LogP contribution in [-0.4, -0.2) is 23.3 Å². The van der Waals surface area contributed by atoms with Gasteiger partial charge in [0.2, 0.25) is 5.13 Å². The first-order valence-corrected chi connectivity index (χ1v) is 7.17. The summed E-state index contributed by atoms with van der Waals surface area (Å²) >= 11 is 1.34. The van der Waals surface area contributed by atoms with Gasteiger partial charge in [-0.2, -0.15) is 5.10 Å². The van der Waals surface area contributed by atoms with E-state index in [0.29, 0.717) is 17.4 Å². The number of carbonyl (C=O) groups is 1. The molecule has 0 aliphatic heterocycles. The van der Waals surface area contributed by atoms with Gasteiger partial charge in [-0.15, -0.1) is 11.3 Å². The number of hydrogen-bond donors (Lipinski definition) is 1. The molecule has 0 bridgehead atoms. The molecule has 1 N–H and O–H groups in total. The summed E-state index contributed by atoms with van der Waals surface area (Å²) in [6.45, 7) is 3.59. The van der Waals surface area contributed by atoms with E-state index in [9.17, 15) is 9.18 Å². The van der Waals surface area contributed by atoms with Crippen LogP contribution in [0.5, 0.6) is 0 Å². The van der Waals surface area contributed by atoms with E-state index in [1.807, 2.05) is 5.38 Å². The van der Waals surface area contributed by atoms with Gasteiger partial charge in [0.05, 0.1) is 12.3 Å². The number of hydrogen-bond acceptors (Lipinski definition) is 6. The topological polar surface area (TPSA) is 63.6 Å². The van der Waals surface area contributed by atoms with Gasteiger partial charge >= 0.3 is 5.97 Å². The molecule has 110 valence electrons. The Morgan fingerprint density at radius 2 is 2.14 bits per heavy atom. The van der Waals surface area contributed by atoms with Crippen LogP contribution >= 0.6 is 11.3 Å². The SMILES string of the molecule is CCOC(=O)C(C)=NNc1nc(-c2ccc(F)cc2)cs1. The number of carbonyl (C=O) groups excluding carboxylic acids is 1. The molecule has 0 radical (unpaired) electrons. The molecule has 1 aromatic carbocycles. The third kappa shape index (κ3) is 4.09. The third-order valence-electron chi connectivity index (χ3n) is 2.53. The number of nitrogens with zero attached hydrogens (tertiary/aromatic N) is 2. The maximum Gasteiger partial charge on any atom is 0.354 e. The van der Waals surface area contributed by atoms with Crippen LogP contribution in [0.4, 0.5) is 9.52 Å². The van der Waals surface area contributed by atoms with Crippen LogP contribution in [0.25, 0.3) is 11.3 Å². The summed E-state index contributed by atoms with van der Waals surface area (Å²) in [5.41, 5.74) is 4.45. The predicted molar refractivity (Wildman–Crippen MR) is 80.9 cm³/mol. The Bertz CT molecular complexity index is 652. The van der Waals surface area contributed by atoms with Gasteiger partial charge in [-0.25, -0.2) is 14.2 Å². The second-order valence-corrected chi connectivity index (χ2v) is 4.93. The molecule has 2 rings (SSSR count). The zero-order valence-electron chi connectivity index (χ0n) is 11.6. The summed E-state index contributed by atoms with van der Waals surface area (Å²) < 4.78 is 17.7. The molecule has 0 atom stereocenters. The van der Waals surface area contributed by atoms with Crippen LogP contribution in [0.15, 0.2) is 34.7 Å². The van der Waals surface area contributed by atoms with Gasteiger partial charge in [-0.05, 0) is 38.1 Å². The molecule has 0 aliphatic carbocycles. The van der Waals surface area contributed by atoms with E-state index in [0.717, 1.165) is 5.56 Å². The zero-order chi connectivity index (χ0) is 15.2. The number of hydrazone groups is 1. The monoisotopic (exact) mass is 307 g/mol. The highest BCUT2D eigenvalue weighted by molar-refractivity contribution is 7.14. The summed E-state index contributed by atoms with van der Waals surface area (Å²) in [6, 6.07) is 6.07. The number of ether oxygens (including phenoxy) is 1. The van der Waals surface area contributed by atoms with Gasteiger partial charge in [0, 0.05) is 10.9 Å². The van der Waals surface area contributed by atoms with Crippen molar-refractivity contribution in [1.29, 1.82) is 0 Å². The lowest BCUT2D eigenvalue weighted by Gasteiger charge is -2.00. The van der Waals surface area contributed by atoms with E-state index in [2.05, 4.69) is 15.5 Å². The van der Waals surface area contributed by atoms with E-state index < -0.39 is 5.97 Å². The molecule has 2 aromatic rings. The molecular formula is C14H14FN3O2S. The Hall–Kier alpha value is -2.28. The average molecular weight is 307 g/mol. The molecule has 0 saturated carbocycles. The zero-order valence-corrected chi connectivity index (χ0v) is 12.4. The highest BCUT2D eigenvalue weighted by Gasteiger charge is 2.08. The first kappa shape index (κ1) is 15.1. The third-order valence-corrected chi connectivity index (χ3v) is 3.28. The van der Waals surface area contributed by atoms with Crippen LogP contribution < -0.4 is 5.43 Å². The Morgan fingerprint density at radius 1 is 1.43 bits per heavy atom. The second-order valence-electron chi connectivity index (χ2n) is 4.07. The molecule has 0 saturated heterocycles. The van der Waals surface area contributed by atoms with Crippen molar-refractivity contribution in [2.75, 3.05) is 12.0 Å². The van der Waals surface area contributed by atoms with Gasteiger partial charge in [-0.1, -0.05) is 0 Å². The van der Waals surface area contributed by atoms with Gasteiger partial charge in [0.15, 0.2) is 0 Å². The smallest absolute Gasteiger partial charge is 0.354 e. The average Bonchev–Trinajstić information content (AvgIpc) is 2.94. The molecule has 5 nitrogen and oxygen atoms in total. The van der Waals surface area contributed by atoms with Gasteiger partial charge < -0.3 is 4.74 Å².